The van der Waals surface area contributed by atoms with Crippen LogP contribution in [0, 0.1) is 0 Å². The van der Waals surface area contributed by atoms with Crippen LogP contribution in [-0.2, 0) is 6.42 Å². The normalized spacial score (nSPS) is 13.8. The van der Waals surface area contributed by atoms with Crippen molar-refractivity contribution >= 4 is 0 Å². The van der Waals surface area contributed by atoms with Gasteiger partial charge in [0.05, 0.1) is 6.10 Å². The highest BCUT2D eigenvalue weighted by Gasteiger charge is 2.19. The van der Waals surface area contributed by atoms with Gasteiger partial charge in [0.1, 0.15) is 0 Å². The Bertz CT molecular complexity index is 673. The first kappa shape index (κ1) is 17.2. The maximum absolute atomic E-state index is 10.6. The lowest BCUT2D eigenvalue weighted by Crippen LogP contribution is -2.27. The number of hydrogen-bond donors (Lipinski definition) is 1. The third-order valence-corrected chi connectivity index (χ3v) is 5.00. The van der Waals surface area contributed by atoms with Crippen molar-refractivity contribution in [3.8, 4) is 11.1 Å². The molecule has 2 aromatic carbocycles. The summed E-state index contributed by atoms with van der Waals surface area (Å²) in [7, 11) is 0. The number of rotatable bonds is 8. The molecule has 1 N–H and O–H groups in total. The smallest absolute Gasteiger partial charge is 0.0802 e. The molecule has 0 spiro atoms. The van der Waals surface area contributed by atoms with Crippen molar-refractivity contribution in [2.24, 2.45) is 0 Å². The van der Waals surface area contributed by atoms with Gasteiger partial charge in [0.25, 0.3) is 0 Å². The van der Waals surface area contributed by atoms with Gasteiger partial charge in [-0.3, -0.25) is 0 Å². The summed E-state index contributed by atoms with van der Waals surface area (Å²) in [4.78, 5) is 2.46. The lowest BCUT2D eigenvalue weighted by Gasteiger charge is -2.22. The molecule has 0 radical (unpaired) electrons. The molecule has 0 amide bonds. The summed E-state index contributed by atoms with van der Waals surface area (Å²) in [5, 5.41) is 10.6. The molecule has 2 nitrogen and oxygen atoms in total. The summed E-state index contributed by atoms with van der Waals surface area (Å²) in [5.74, 6) is 0. The van der Waals surface area contributed by atoms with E-state index in [0.717, 1.165) is 38.0 Å². The van der Waals surface area contributed by atoms with Gasteiger partial charge >= 0.3 is 0 Å². The van der Waals surface area contributed by atoms with E-state index in [4.69, 9.17) is 0 Å². The molecule has 1 aliphatic carbocycles. The standard InChI is InChI=1S/C22H29NO/c1-3-12-23(13-4-2)14-11-22(24)18-9-10-21-19(16-18)15-17-7-5-6-8-20(17)21/h5-10,16,22,24H,3-4,11-15H2,1-2H3. The fourth-order valence-electron chi connectivity index (χ4n) is 3.81. The molecule has 2 heteroatoms. The van der Waals surface area contributed by atoms with Crippen LogP contribution in [0.25, 0.3) is 11.1 Å². The second-order valence-electron chi connectivity index (χ2n) is 6.90. The number of hydrogen-bond acceptors (Lipinski definition) is 2. The molecule has 0 heterocycles. The zero-order chi connectivity index (χ0) is 16.9. The van der Waals surface area contributed by atoms with Crippen LogP contribution in [0.1, 0.15) is 55.9 Å². The zero-order valence-electron chi connectivity index (χ0n) is 15.0. The minimum absolute atomic E-state index is 0.366. The molecule has 0 fully saturated rings. The van der Waals surface area contributed by atoms with Gasteiger partial charge < -0.3 is 10.0 Å². The van der Waals surface area contributed by atoms with Gasteiger partial charge in [0.15, 0.2) is 0 Å². The van der Waals surface area contributed by atoms with Gasteiger partial charge in [0, 0.05) is 6.54 Å². The van der Waals surface area contributed by atoms with Crippen molar-refractivity contribution in [1.29, 1.82) is 0 Å². The molecule has 128 valence electrons. The summed E-state index contributed by atoms with van der Waals surface area (Å²) in [5.41, 5.74) is 6.50. The van der Waals surface area contributed by atoms with Gasteiger partial charge in [-0.2, -0.15) is 0 Å². The Kier molecular flexibility index (Phi) is 5.70. The van der Waals surface area contributed by atoms with E-state index < -0.39 is 0 Å². The molecule has 0 saturated carbocycles. The third-order valence-electron chi connectivity index (χ3n) is 5.00. The predicted octanol–water partition coefficient (Wildman–Crippen LogP) is 4.80. The predicted molar refractivity (Wildman–Crippen MR) is 101 cm³/mol. The molecule has 2 aromatic rings. The Morgan fingerprint density at radius 3 is 2.38 bits per heavy atom. The maximum atomic E-state index is 10.6. The van der Waals surface area contributed by atoms with Gasteiger partial charge in [-0.15, -0.1) is 0 Å². The largest absolute Gasteiger partial charge is 0.388 e. The first-order valence-corrected chi connectivity index (χ1v) is 9.34. The van der Waals surface area contributed by atoms with Crippen LogP contribution >= 0.6 is 0 Å². The first-order valence-electron chi connectivity index (χ1n) is 9.34. The van der Waals surface area contributed by atoms with Crippen molar-refractivity contribution in [2.75, 3.05) is 19.6 Å². The molecule has 3 rings (SSSR count). The van der Waals surface area contributed by atoms with Crippen LogP contribution in [0.15, 0.2) is 42.5 Å². The van der Waals surface area contributed by atoms with Crippen molar-refractivity contribution in [2.45, 2.75) is 45.6 Å². The summed E-state index contributed by atoms with van der Waals surface area (Å²) in [6, 6.07) is 15.1. The van der Waals surface area contributed by atoms with E-state index in [-0.39, 0.29) is 6.10 Å². The van der Waals surface area contributed by atoms with Crippen molar-refractivity contribution in [3.05, 3.63) is 59.2 Å². The highest BCUT2D eigenvalue weighted by Crippen LogP contribution is 2.37. The highest BCUT2D eigenvalue weighted by atomic mass is 16.3. The van der Waals surface area contributed by atoms with Crippen molar-refractivity contribution < 1.29 is 5.11 Å². The zero-order valence-corrected chi connectivity index (χ0v) is 15.0. The number of aliphatic hydroxyl groups excluding tert-OH is 1. The maximum Gasteiger partial charge on any atom is 0.0802 e. The monoisotopic (exact) mass is 323 g/mol. The first-order chi connectivity index (χ1) is 11.7. The fourth-order valence-corrected chi connectivity index (χ4v) is 3.81. The summed E-state index contributed by atoms with van der Waals surface area (Å²) >= 11 is 0. The number of aliphatic hydroxyl groups is 1. The molecule has 24 heavy (non-hydrogen) atoms. The lowest BCUT2D eigenvalue weighted by molar-refractivity contribution is 0.141. The van der Waals surface area contributed by atoms with Crippen LogP contribution in [0.4, 0.5) is 0 Å². The summed E-state index contributed by atoms with van der Waals surface area (Å²) in [6.45, 7) is 7.66. The Morgan fingerprint density at radius 1 is 0.917 bits per heavy atom. The Hall–Kier alpha value is -1.64. The van der Waals surface area contributed by atoms with Crippen LogP contribution in [0.2, 0.25) is 0 Å². The summed E-state index contributed by atoms with van der Waals surface area (Å²) < 4.78 is 0. The van der Waals surface area contributed by atoms with Gasteiger partial charge in [-0.05, 0) is 66.6 Å². The SMILES string of the molecule is CCCN(CCC)CCC(O)c1ccc2c(c1)Cc1ccccc1-2. The average Bonchev–Trinajstić information content (AvgIpc) is 2.97. The molecule has 0 aliphatic heterocycles. The van der Waals surface area contributed by atoms with E-state index in [2.05, 4.69) is 61.2 Å². The molecule has 0 aromatic heterocycles. The van der Waals surface area contributed by atoms with E-state index in [9.17, 15) is 5.11 Å². The molecular weight excluding hydrogens is 294 g/mol. The van der Waals surface area contributed by atoms with E-state index in [1.807, 2.05) is 0 Å². The minimum Gasteiger partial charge on any atom is -0.388 e. The Morgan fingerprint density at radius 2 is 1.62 bits per heavy atom. The second kappa shape index (κ2) is 7.96. The lowest BCUT2D eigenvalue weighted by atomic mass is 9.99. The van der Waals surface area contributed by atoms with E-state index in [0.29, 0.717) is 0 Å². The van der Waals surface area contributed by atoms with Crippen molar-refractivity contribution in [3.63, 3.8) is 0 Å². The van der Waals surface area contributed by atoms with Gasteiger partial charge in [-0.25, -0.2) is 0 Å². The number of benzene rings is 2. The molecule has 0 saturated heterocycles. The number of fused-ring (bicyclic) bond motifs is 3. The fraction of sp³-hybridized carbons (Fsp3) is 0.455. The highest BCUT2D eigenvalue weighted by molar-refractivity contribution is 5.76. The topological polar surface area (TPSA) is 23.5 Å². The minimum atomic E-state index is -0.366. The molecule has 1 aliphatic rings. The Balaban J connectivity index is 1.67. The van der Waals surface area contributed by atoms with Crippen LogP contribution < -0.4 is 0 Å². The van der Waals surface area contributed by atoms with E-state index in [1.54, 1.807) is 0 Å². The van der Waals surface area contributed by atoms with E-state index >= 15 is 0 Å². The molecule has 1 unspecified atom stereocenters. The average molecular weight is 323 g/mol. The van der Waals surface area contributed by atoms with E-state index in [1.165, 1.54) is 35.1 Å². The van der Waals surface area contributed by atoms with Crippen LogP contribution in [0.3, 0.4) is 0 Å². The second-order valence-corrected chi connectivity index (χ2v) is 6.90. The molecular formula is C22H29NO. The Labute approximate surface area is 146 Å². The van der Waals surface area contributed by atoms with Gasteiger partial charge in [-0.1, -0.05) is 56.3 Å². The summed E-state index contributed by atoms with van der Waals surface area (Å²) in [6.07, 6.45) is 3.78. The van der Waals surface area contributed by atoms with Crippen molar-refractivity contribution in [1.82, 2.24) is 4.90 Å². The van der Waals surface area contributed by atoms with Crippen LogP contribution in [0.5, 0.6) is 0 Å². The quantitative estimate of drug-likeness (QED) is 0.643. The third kappa shape index (κ3) is 3.71. The number of nitrogens with zero attached hydrogens (tertiary/aromatic N) is 1. The van der Waals surface area contributed by atoms with Gasteiger partial charge in [0.2, 0.25) is 0 Å². The van der Waals surface area contributed by atoms with Crippen LogP contribution in [-0.4, -0.2) is 29.6 Å². The molecule has 1 atom stereocenters. The molecule has 0 bridgehead atoms.